The van der Waals surface area contributed by atoms with Gasteiger partial charge in [-0.1, -0.05) is 11.3 Å². The van der Waals surface area contributed by atoms with Crippen molar-refractivity contribution >= 4 is 61.6 Å². The van der Waals surface area contributed by atoms with Crippen LogP contribution < -0.4 is 11.1 Å². The van der Waals surface area contributed by atoms with E-state index in [1.807, 2.05) is 20.8 Å². The topological polar surface area (TPSA) is 124 Å². The summed E-state index contributed by atoms with van der Waals surface area (Å²) in [6, 6.07) is 3.58. The van der Waals surface area contributed by atoms with Crippen molar-refractivity contribution in [3.63, 3.8) is 0 Å². The highest BCUT2D eigenvalue weighted by Crippen LogP contribution is 2.35. The summed E-state index contributed by atoms with van der Waals surface area (Å²) in [5.74, 6) is 0.586. The van der Waals surface area contributed by atoms with E-state index in [9.17, 15) is 9.59 Å². The van der Waals surface area contributed by atoms with Gasteiger partial charge < -0.3 is 10.2 Å². The number of furan rings is 1. The van der Waals surface area contributed by atoms with Crippen LogP contribution in [0.15, 0.2) is 27.0 Å². The van der Waals surface area contributed by atoms with Gasteiger partial charge in [0.2, 0.25) is 5.91 Å². The number of hydrogen-bond donors (Lipinski definition) is 2. The molecule has 0 bridgehead atoms. The fourth-order valence-corrected chi connectivity index (χ4v) is 5.93. The predicted octanol–water partition coefficient (Wildman–Crippen LogP) is 4.16. The molecule has 0 aliphatic rings. The van der Waals surface area contributed by atoms with E-state index < -0.39 is 5.91 Å². The Bertz CT molecular complexity index is 1260. The summed E-state index contributed by atoms with van der Waals surface area (Å²) in [5, 5.41) is 4.19. The van der Waals surface area contributed by atoms with Crippen molar-refractivity contribution in [1.82, 2.24) is 15.0 Å². The van der Waals surface area contributed by atoms with Crippen LogP contribution in [0.2, 0.25) is 0 Å². The number of thiophene rings is 1. The van der Waals surface area contributed by atoms with Crippen molar-refractivity contribution in [2.45, 2.75) is 25.0 Å². The molecule has 2 amide bonds. The zero-order valence-corrected chi connectivity index (χ0v) is 18.8. The fraction of sp³-hybridized carbons (Fsp3) is 0.211. The van der Waals surface area contributed by atoms with E-state index in [2.05, 4.69) is 20.3 Å². The van der Waals surface area contributed by atoms with E-state index in [0.717, 1.165) is 31.4 Å². The third kappa shape index (κ3) is 3.95. The number of carbonyl (C=O) groups excluding carboxylic acids is 2. The number of thioether (sulfide) groups is 1. The normalized spacial score (nSPS) is 11.2. The van der Waals surface area contributed by atoms with Gasteiger partial charge in [0.25, 0.3) is 5.91 Å². The summed E-state index contributed by atoms with van der Waals surface area (Å²) in [6.45, 7) is 5.61. The van der Waals surface area contributed by atoms with Crippen LogP contribution in [0.5, 0.6) is 0 Å². The molecule has 0 unspecified atom stereocenters. The van der Waals surface area contributed by atoms with Crippen molar-refractivity contribution in [3.8, 4) is 11.6 Å². The Morgan fingerprint density at radius 3 is 2.67 bits per heavy atom. The second-order valence-electron chi connectivity index (χ2n) is 6.45. The Kier molecular flexibility index (Phi) is 5.58. The van der Waals surface area contributed by atoms with Gasteiger partial charge in [-0.3, -0.25) is 14.9 Å². The Hall–Kier alpha value is -2.76. The minimum atomic E-state index is -0.398. The van der Waals surface area contributed by atoms with E-state index in [1.54, 1.807) is 18.4 Å². The second kappa shape index (κ2) is 8.17. The van der Waals surface area contributed by atoms with E-state index >= 15 is 0 Å². The van der Waals surface area contributed by atoms with Gasteiger partial charge in [0.05, 0.1) is 32.5 Å². The Labute approximate surface area is 183 Å². The molecule has 30 heavy (non-hydrogen) atoms. The molecular formula is C19H17N5O3S3. The molecule has 0 aliphatic heterocycles. The zero-order chi connectivity index (χ0) is 21.4. The van der Waals surface area contributed by atoms with Crippen LogP contribution in [-0.4, -0.2) is 32.5 Å². The summed E-state index contributed by atoms with van der Waals surface area (Å²) in [5.41, 5.74) is 7.56. The van der Waals surface area contributed by atoms with Crippen LogP contribution in [0.1, 0.15) is 26.6 Å². The third-order valence-electron chi connectivity index (χ3n) is 4.24. The molecule has 0 saturated heterocycles. The molecule has 0 spiro atoms. The maximum atomic E-state index is 12.9. The van der Waals surface area contributed by atoms with E-state index in [-0.39, 0.29) is 11.7 Å². The lowest BCUT2D eigenvalue weighted by molar-refractivity contribution is -0.115. The van der Waals surface area contributed by atoms with Crippen LogP contribution in [0.3, 0.4) is 0 Å². The minimum absolute atomic E-state index is 0.168. The maximum Gasteiger partial charge on any atom is 0.267 e. The van der Waals surface area contributed by atoms with Gasteiger partial charge >= 0.3 is 0 Å². The first-order chi connectivity index (χ1) is 14.3. The molecule has 0 atom stereocenters. The maximum absolute atomic E-state index is 12.9. The Balaban J connectivity index is 1.62. The van der Waals surface area contributed by atoms with Crippen LogP contribution in [-0.2, 0) is 4.79 Å². The highest BCUT2D eigenvalue weighted by molar-refractivity contribution is 8.01. The smallest absolute Gasteiger partial charge is 0.267 e. The van der Waals surface area contributed by atoms with Gasteiger partial charge in [-0.15, -0.1) is 23.1 Å². The standard InChI is InChI=1S/C19H17N5O3S3/c1-8-13-9(2)21-15(11-5-4-6-27-11)23-17(13)29-14(8)16(26)24-19-22-10(3)18(30-19)28-7-12(20)25/h4-6H,7H2,1-3H3,(H2,20,25)(H,22,24,26). The number of thiazole rings is 1. The SMILES string of the molecule is Cc1nc(NC(=O)c2sc3nc(-c4ccco4)nc(C)c3c2C)sc1SCC(N)=O. The van der Waals surface area contributed by atoms with E-state index in [4.69, 9.17) is 10.2 Å². The first-order valence-electron chi connectivity index (χ1n) is 8.85. The molecule has 154 valence electrons. The monoisotopic (exact) mass is 459 g/mol. The lowest BCUT2D eigenvalue weighted by Gasteiger charge is -2.01. The summed E-state index contributed by atoms with van der Waals surface area (Å²) in [6.07, 6.45) is 1.57. The number of primary amides is 1. The number of aromatic nitrogens is 3. The summed E-state index contributed by atoms with van der Waals surface area (Å²) in [7, 11) is 0. The van der Waals surface area contributed by atoms with Gasteiger partial charge in [-0.05, 0) is 38.5 Å². The Morgan fingerprint density at radius 2 is 1.97 bits per heavy atom. The third-order valence-corrected chi connectivity index (χ3v) is 7.88. The zero-order valence-electron chi connectivity index (χ0n) is 16.3. The van der Waals surface area contributed by atoms with E-state index in [1.165, 1.54) is 34.4 Å². The lowest BCUT2D eigenvalue weighted by atomic mass is 10.1. The molecule has 3 N–H and O–H groups in total. The average Bonchev–Trinajstić information content (AvgIpc) is 3.40. The number of anilines is 1. The van der Waals surface area contributed by atoms with Crippen molar-refractivity contribution in [3.05, 3.63) is 40.2 Å². The fourth-order valence-electron chi connectivity index (χ4n) is 2.93. The highest BCUT2D eigenvalue weighted by Gasteiger charge is 2.21. The molecule has 4 aromatic heterocycles. The molecular weight excluding hydrogens is 442 g/mol. The summed E-state index contributed by atoms with van der Waals surface area (Å²) >= 11 is 3.94. The lowest BCUT2D eigenvalue weighted by Crippen LogP contribution is -2.12. The number of carbonyl (C=O) groups is 2. The summed E-state index contributed by atoms with van der Waals surface area (Å²) in [4.78, 5) is 38.7. The number of rotatable bonds is 6. The van der Waals surface area contributed by atoms with Crippen LogP contribution >= 0.6 is 34.4 Å². The van der Waals surface area contributed by atoms with Crippen LogP contribution in [0, 0.1) is 20.8 Å². The van der Waals surface area contributed by atoms with Crippen molar-refractivity contribution in [2.24, 2.45) is 5.73 Å². The molecule has 4 aromatic rings. The molecule has 0 radical (unpaired) electrons. The molecule has 0 aromatic carbocycles. The van der Waals surface area contributed by atoms with Crippen molar-refractivity contribution in [2.75, 3.05) is 11.1 Å². The van der Waals surface area contributed by atoms with Crippen LogP contribution in [0.4, 0.5) is 5.13 Å². The van der Waals surface area contributed by atoms with Gasteiger partial charge in [0.1, 0.15) is 4.83 Å². The number of aryl methyl sites for hydroxylation is 3. The molecule has 11 heteroatoms. The quantitative estimate of drug-likeness (QED) is 0.415. The van der Waals surface area contributed by atoms with Gasteiger partial charge in [0.15, 0.2) is 16.7 Å². The molecule has 0 aliphatic carbocycles. The minimum Gasteiger partial charge on any atom is -0.461 e. The highest BCUT2D eigenvalue weighted by atomic mass is 32.2. The number of amides is 2. The number of fused-ring (bicyclic) bond motifs is 1. The average molecular weight is 460 g/mol. The summed E-state index contributed by atoms with van der Waals surface area (Å²) < 4.78 is 6.25. The number of nitrogens with zero attached hydrogens (tertiary/aromatic N) is 3. The van der Waals surface area contributed by atoms with Gasteiger partial charge in [-0.2, -0.15) is 0 Å². The van der Waals surface area contributed by atoms with Gasteiger partial charge in [0, 0.05) is 5.39 Å². The molecule has 8 nitrogen and oxygen atoms in total. The number of nitrogens with one attached hydrogen (secondary N) is 1. The van der Waals surface area contributed by atoms with Crippen LogP contribution in [0.25, 0.3) is 21.8 Å². The second-order valence-corrected chi connectivity index (χ2v) is 9.69. The molecule has 0 fully saturated rings. The number of hydrogen-bond acceptors (Lipinski definition) is 9. The van der Waals surface area contributed by atoms with Crippen molar-refractivity contribution < 1.29 is 14.0 Å². The van der Waals surface area contributed by atoms with Crippen molar-refractivity contribution in [1.29, 1.82) is 0 Å². The van der Waals surface area contributed by atoms with E-state index in [0.29, 0.717) is 21.6 Å². The molecule has 4 heterocycles. The largest absolute Gasteiger partial charge is 0.461 e. The molecule has 0 saturated carbocycles. The first-order valence-corrected chi connectivity index (χ1v) is 11.5. The number of nitrogens with two attached hydrogens (primary N) is 1. The first kappa shape index (κ1) is 20.5. The Morgan fingerprint density at radius 1 is 1.17 bits per heavy atom. The molecule has 4 rings (SSSR count). The predicted molar refractivity (Wildman–Crippen MR) is 119 cm³/mol. The van der Waals surface area contributed by atoms with Gasteiger partial charge in [-0.25, -0.2) is 15.0 Å².